The Morgan fingerprint density at radius 1 is 0.895 bits per heavy atom. The fourth-order valence-electron chi connectivity index (χ4n) is 2.34. The standard InChI is InChI=1S/C15H10BrNO2/c1-17-11-7-6-10-12(13(11)16)15(19)9-5-3-2-4-8(9)14(10)18/h2-7,17H,1H3. The Balaban J connectivity index is 2.33. The van der Waals surface area contributed by atoms with Crippen molar-refractivity contribution in [2.24, 2.45) is 0 Å². The van der Waals surface area contributed by atoms with E-state index in [1.165, 1.54) is 0 Å². The summed E-state index contributed by atoms with van der Waals surface area (Å²) in [4.78, 5) is 24.9. The van der Waals surface area contributed by atoms with Gasteiger partial charge in [-0.25, -0.2) is 0 Å². The van der Waals surface area contributed by atoms with Crippen molar-refractivity contribution in [3.05, 3.63) is 63.1 Å². The number of hydrogen-bond donors (Lipinski definition) is 1. The summed E-state index contributed by atoms with van der Waals surface area (Å²) in [6, 6.07) is 10.4. The molecular weight excluding hydrogens is 306 g/mol. The molecule has 2 aromatic carbocycles. The molecule has 2 aromatic rings. The first-order valence-corrected chi connectivity index (χ1v) is 6.63. The van der Waals surface area contributed by atoms with Gasteiger partial charge in [0.25, 0.3) is 0 Å². The number of fused-ring (bicyclic) bond motifs is 2. The summed E-state index contributed by atoms with van der Waals surface area (Å²) < 4.78 is 0.639. The van der Waals surface area contributed by atoms with Gasteiger partial charge in [-0.1, -0.05) is 24.3 Å². The maximum Gasteiger partial charge on any atom is 0.195 e. The molecule has 0 radical (unpaired) electrons. The highest BCUT2D eigenvalue weighted by atomic mass is 79.9. The molecule has 19 heavy (non-hydrogen) atoms. The Bertz CT molecular complexity index is 722. The Morgan fingerprint density at radius 2 is 1.53 bits per heavy atom. The lowest BCUT2D eigenvalue weighted by atomic mass is 9.84. The first-order chi connectivity index (χ1) is 9.15. The van der Waals surface area contributed by atoms with Gasteiger partial charge in [0.1, 0.15) is 0 Å². The summed E-state index contributed by atoms with van der Waals surface area (Å²) in [6.45, 7) is 0. The molecule has 0 heterocycles. The minimum atomic E-state index is -0.117. The fourth-order valence-corrected chi connectivity index (χ4v) is 3.06. The first-order valence-electron chi connectivity index (χ1n) is 5.84. The SMILES string of the molecule is CNc1ccc2c(c1Br)C(=O)c1ccccc1C2=O. The number of halogens is 1. The summed E-state index contributed by atoms with van der Waals surface area (Å²) in [7, 11) is 1.77. The third-order valence-electron chi connectivity index (χ3n) is 3.30. The van der Waals surface area contributed by atoms with Crippen LogP contribution in [0, 0.1) is 0 Å². The first kappa shape index (κ1) is 12.1. The summed E-state index contributed by atoms with van der Waals surface area (Å²) in [5.74, 6) is -0.220. The van der Waals surface area contributed by atoms with Crippen LogP contribution in [0.25, 0.3) is 0 Å². The van der Waals surface area contributed by atoms with Crippen LogP contribution in [0.15, 0.2) is 40.9 Å². The summed E-state index contributed by atoms with van der Waals surface area (Å²) >= 11 is 3.41. The van der Waals surface area contributed by atoms with E-state index in [0.717, 1.165) is 5.69 Å². The number of anilines is 1. The highest BCUT2D eigenvalue weighted by molar-refractivity contribution is 9.10. The van der Waals surface area contributed by atoms with Crippen LogP contribution in [0.3, 0.4) is 0 Å². The molecule has 0 spiro atoms. The maximum atomic E-state index is 12.5. The predicted octanol–water partition coefficient (Wildman–Crippen LogP) is 3.27. The van der Waals surface area contributed by atoms with Crippen LogP contribution in [-0.2, 0) is 0 Å². The summed E-state index contributed by atoms with van der Waals surface area (Å²) in [5.41, 5.74) is 2.63. The number of benzene rings is 2. The molecule has 1 aliphatic carbocycles. The minimum absolute atomic E-state index is 0.103. The third-order valence-corrected chi connectivity index (χ3v) is 4.12. The Morgan fingerprint density at radius 3 is 2.16 bits per heavy atom. The van der Waals surface area contributed by atoms with Crippen LogP contribution in [-0.4, -0.2) is 18.6 Å². The molecule has 1 aliphatic rings. The molecule has 0 atom stereocenters. The average Bonchev–Trinajstić information content (AvgIpc) is 2.44. The molecular formula is C15H10BrNO2. The van der Waals surface area contributed by atoms with Crippen LogP contribution >= 0.6 is 15.9 Å². The molecule has 3 rings (SSSR count). The van der Waals surface area contributed by atoms with Crippen LogP contribution in [0.1, 0.15) is 31.8 Å². The number of ketones is 2. The summed E-state index contributed by atoms with van der Waals surface area (Å²) in [5, 5.41) is 2.99. The fraction of sp³-hybridized carbons (Fsp3) is 0.0667. The topological polar surface area (TPSA) is 46.2 Å². The van der Waals surface area contributed by atoms with E-state index in [1.807, 2.05) is 0 Å². The van der Waals surface area contributed by atoms with Crippen molar-refractivity contribution in [2.45, 2.75) is 0 Å². The molecule has 94 valence electrons. The van der Waals surface area contributed by atoms with Crippen molar-refractivity contribution < 1.29 is 9.59 Å². The van der Waals surface area contributed by atoms with E-state index in [2.05, 4.69) is 21.2 Å². The molecule has 3 nitrogen and oxygen atoms in total. The van der Waals surface area contributed by atoms with Gasteiger partial charge in [-0.05, 0) is 28.1 Å². The molecule has 0 bridgehead atoms. The number of nitrogens with one attached hydrogen (secondary N) is 1. The van der Waals surface area contributed by atoms with Gasteiger partial charge in [-0.3, -0.25) is 9.59 Å². The molecule has 0 saturated heterocycles. The van der Waals surface area contributed by atoms with Crippen molar-refractivity contribution in [3.63, 3.8) is 0 Å². The molecule has 1 N–H and O–H groups in total. The van der Waals surface area contributed by atoms with E-state index in [-0.39, 0.29) is 11.6 Å². The predicted molar refractivity (Wildman–Crippen MR) is 77.0 cm³/mol. The summed E-state index contributed by atoms with van der Waals surface area (Å²) in [6.07, 6.45) is 0. The molecule has 4 heteroatoms. The zero-order valence-electron chi connectivity index (χ0n) is 10.2. The minimum Gasteiger partial charge on any atom is -0.387 e. The molecule has 0 amide bonds. The van der Waals surface area contributed by atoms with Crippen molar-refractivity contribution in [3.8, 4) is 0 Å². The third kappa shape index (κ3) is 1.64. The van der Waals surface area contributed by atoms with Crippen LogP contribution in [0.5, 0.6) is 0 Å². The Kier molecular flexibility index (Phi) is 2.75. The molecule has 0 aromatic heterocycles. The second kappa shape index (κ2) is 4.31. The van der Waals surface area contributed by atoms with E-state index in [4.69, 9.17) is 0 Å². The zero-order chi connectivity index (χ0) is 13.6. The Hall–Kier alpha value is -1.94. The lowest BCUT2D eigenvalue weighted by Crippen LogP contribution is -2.21. The van der Waals surface area contributed by atoms with Crippen LogP contribution < -0.4 is 5.32 Å². The van der Waals surface area contributed by atoms with Crippen molar-refractivity contribution in [1.29, 1.82) is 0 Å². The van der Waals surface area contributed by atoms with E-state index < -0.39 is 0 Å². The zero-order valence-corrected chi connectivity index (χ0v) is 11.7. The van der Waals surface area contributed by atoms with Crippen molar-refractivity contribution in [2.75, 3.05) is 12.4 Å². The van der Waals surface area contributed by atoms with E-state index in [0.29, 0.717) is 26.7 Å². The van der Waals surface area contributed by atoms with Gasteiger partial charge < -0.3 is 5.32 Å². The van der Waals surface area contributed by atoms with Gasteiger partial charge in [0.05, 0.1) is 4.47 Å². The number of carbonyl (C=O) groups is 2. The molecule has 0 saturated carbocycles. The van der Waals surface area contributed by atoms with Gasteiger partial charge in [-0.2, -0.15) is 0 Å². The highest BCUT2D eigenvalue weighted by Crippen LogP contribution is 2.35. The Labute approximate surface area is 118 Å². The highest BCUT2D eigenvalue weighted by Gasteiger charge is 2.31. The van der Waals surface area contributed by atoms with Gasteiger partial charge in [0, 0.05) is 35.0 Å². The van der Waals surface area contributed by atoms with Gasteiger partial charge in [-0.15, -0.1) is 0 Å². The maximum absolute atomic E-state index is 12.5. The second-order valence-electron chi connectivity index (χ2n) is 4.30. The molecule has 0 aliphatic heterocycles. The van der Waals surface area contributed by atoms with Gasteiger partial charge in [0.2, 0.25) is 0 Å². The molecule has 0 unspecified atom stereocenters. The van der Waals surface area contributed by atoms with Crippen molar-refractivity contribution >= 4 is 33.2 Å². The smallest absolute Gasteiger partial charge is 0.195 e. The number of rotatable bonds is 1. The lowest BCUT2D eigenvalue weighted by Gasteiger charge is -2.19. The van der Waals surface area contributed by atoms with Gasteiger partial charge >= 0.3 is 0 Å². The average molecular weight is 316 g/mol. The second-order valence-corrected chi connectivity index (χ2v) is 5.10. The van der Waals surface area contributed by atoms with Crippen LogP contribution in [0.4, 0.5) is 5.69 Å². The van der Waals surface area contributed by atoms with Crippen molar-refractivity contribution in [1.82, 2.24) is 0 Å². The number of hydrogen-bond acceptors (Lipinski definition) is 3. The molecule has 0 fully saturated rings. The van der Waals surface area contributed by atoms with E-state index >= 15 is 0 Å². The monoisotopic (exact) mass is 315 g/mol. The number of carbonyl (C=O) groups excluding carboxylic acids is 2. The van der Waals surface area contributed by atoms with E-state index in [9.17, 15) is 9.59 Å². The lowest BCUT2D eigenvalue weighted by molar-refractivity contribution is 0.0978. The van der Waals surface area contributed by atoms with Crippen LogP contribution in [0.2, 0.25) is 0 Å². The largest absolute Gasteiger partial charge is 0.387 e. The normalized spacial score (nSPS) is 12.9. The van der Waals surface area contributed by atoms with Gasteiger partial charge in [0.15, 0.2) is 11.6 Å². The quantitative estimate of drug-likeness (QED) is 0.749. The van der Waals surface area contributed by atoms with E-state index in [1.54, 1.807) is 43.4 Å².